The topological polar surface area (TPSA) is 108 Å². The molecule has 2 heterocycles. The number of benzene rings is 2. The van der Waals surface area contributed by atoms with Crippen molar-refractivity contribution in [2.75, 3.05) is 19.5 Å². The van der Waals surface area contributed by atoms with Crippen LogP contribution in [0.5, 0.6) is 11.5 Å². The van der Waals surface area contributed by atoms with Gasteiger partial charge >= 0.3 is 0 Å². The lowest BCUT2D eigenvalue weighted by Crippen LogP contribution is -2.27. The van der Waals surface area contributed by atoms with Crippen LogP contribution in [0.2, 0.25) is 0 Å². The van der Waals surface area contributed by atoms with E-state index in [1.807, 2.05) is 12.1 Å². The lowest BCUT2D eigenvalue weighted by atomic mass is 10.2. The van der Waals surface area contributed by atoms with Gasteiger partial charge < -0.3 is 23.9 Å². The molecule has 0 bridgehead atoms. The van der Waals surface area contributed by atoms with Gasteiger partial charge in [-0.05, 0) is 42.5 Å². The number of anilines is 1. The maximum absolute atomic E-state index is 12.5. The molecule has 0 aliphatic carbocycles. The summed E-state index contributed by atoms with van der Waals surface area (Å²) in [6.07, 6.45) is 1.51. The fraction of sp³-hybridized carbons (Fsp3) is 0.130. The molecule has 0 unspecified atom stereocenters. The van der Waals surface area contributed by atoms with Crippen molar-refractivity contribution in [3.63, 3.8) is 0 Å². The minimum absolute atomic E-state index is 0.190. The van der Waals surface area contributed by atoms with Crippen LogP contribution < -0.4 is 20.3 Å². The van der Waals surface area contributed by atoms with Crippen LogP contribution in [0, 0.1) is 0 Å². The quantitative estimate of drug-likeness (QED) is 0.478. The molecule has 0 radical (unpaired) electrons. The van der Waals surface area contributed by atoms with Gasteiger partial charge in [0.05, 0.1) is 25.5 Å². The molecule has 1 amide bonds. The molecule has 9 nitrogen and oxygen atoms in total. The summed E-state index contributed by atoms with van der Waals surface area (Å²) in [6.45, 7) is -0.190. The van der Waals surface area contributed by atoms with Crippen molar-refractivity contribution < 1.29 is 18.8 Å². The SMILES string of the molecule is COc1ccc(-c2noc(-c3ccc(=O)n(CC(=O)Nc4ccccc4OC)c3)n2)cc1. The Morgan fingerprint density at radius 2 is 1.75 bits per heavy atom. The first-order valence-electron chi connectivity index (χ1n) is 9.69. The van der Waals surface area contributed by atoms with Crippen LogP contribution in [0.25, 0.3) is 22.8 Å². The molecule has 9 heteroatoms. The second kappa shape index (κ2) is 9.17. The highest BCUT2D eigenvalue weighted by atomic mass is 16.5. The van der Waals surface area contributed by atoms with Gasteiger partial charge in [-0.3, -0.25) is 9.59 Å². The maximum atomic E-state index is 12.5. The van der Waals surface area contributed by atoms with Crippen LogP contribution >= 0.6 is 0 Å². The number of aromatic nitrogens is 3. The largest absolute Gasteiger partial charge is 0.497 e. The first-order chi connectivity index (χ1) is 15.6. The summed E-state index contributed by atoms with van der Waals surface area (Å²) >= 11 is 0. The molecule has 1 N–H and O–H groups in total. The van der Waals surface area contributed by atoms with Crippen LogP contribution in [-0.4, -0.2) is 34.8 Å². The zero-order chi connectivity index (χ0) is 22.5. The zero-order valence-electron chi connectivity index (χ0n) is 17.4. The number of rotatable bonds is 7. The normalized spacial score (nSPS) is 10.6. The standard InChI is InChI=1S/C23H20N4O5/c1-30-17-10-7-15(8-11-17)22-25-23(32-26-22)16-9-12-21(29)27(13-16)14-20(28)24-18-5-3-4-6-19(18)31-2/h3-13H,14H2,1-2H3,(H,24,28). The van der Waals surface area contributed by atoms with E-state index in [0.29, 0.717) is 22.8 Å². The Bertz CT molecular complexity index is 1290. The Hall–Kier alpha value is -4.40. The van der Waals surface area contributed by atoms with E-state index in [1.165, 1.54) is 23.9 Å². The van der Waals surface area contributed by atoms with Gasteiger partial charge in [-0.15, -0.1) is 0 Å². The van der Waals surface area contributed by atoms with E-state index in [4.69, 9.17) is 14.0 Å². The summed E-state index contributed by atoms with van der Waals surface area (Å²) in [5, 5.41) is 6.74. The molecule has 4 rings (SSSR count). The number of methoxy groups -OCH3 is 2. The van der Waals surface area contributed by atoms with E-state index in [0.717, 1.165) is 11.3 Å². The van der Waals surface area contributed by atoms with Crippen LogP contribution in [-0.2, 0) is 11.3 Å². The summed E-state index contributed by atoms with van der Waals surface area (Å²) in [7, 11) is 3.11. The lowest BCUT2D eigenvalue weighted by molar-refractivity contribution is -0.116. The number of para-hydroxylation sites is 2. The van der Waals surface area contributed by atoms with Crippen molar-refractivity contribution in [1.82, 2.24) is 14.7 Å². The number of ether oxygens (including phenoxy) is 2. The molecule has 0 spiro atoms. The fourth-order valence-corrected chi connectivity index (χ4v) is 3.07. The number of hydrogen-bond donors (Lipinski definition) is 1. The van der Waals surface area contributed by atoms with E-state index in [2.05, 4.69) is 15.5 Å². The molecule has 2 aromatic carbocycles. The molecule has 0 saturated carbocycles. The Morgan fingerprint density at radius 3 is 2.50 bits per heavy atom. The molecule has 4 aromatic rings. The van der Waals surface area contributed by atoms with Crippen molar-refractivity contribution >= 4 is 11.6 Å². The molecule has 0 aliphatic rings. The predicted molar refractivity (Wildman–Crippen MR) is 118 cm³/mol. The highest BCUT2D eigenvalue weighted by Crippen LogP contribution is 2.24. The van der Waals surface area contributed by atoms with E-state index in [-0.39, 0.29) is 23.9 Å². The van der Waals surface area contributed by atoms with E-state index >= 15 is 0 Å². The van der Waals surface area contributed by atoms with Crippen molar-refractivity contribution in [1.29, 1.82) is 0 Å². The van der Waals surface area contributed by atoms with Crippen molar-refractivity contribution in [2.24, 2.45) is 0 Å². The molecule has 32 heavy (non-hydrogen) atoms. The second-order valence-electron chi connectivity index (χ2n) is 6.78. The minimum Gasteiger partial charge on any atom is -0.497 e. The number of pyridine rings is 1. The first-order valence-corrected chi connectivity index (χ1v) is 9.69. The van der Waals surface area contributed by atoms with Crippen LogP contribution in [0.15, 0.2) is 76.2 Å². The number of nitrogens with zero attached hydrogens (tertiary/aromatic N) is 3. The highest BCUT2D eigenvalue weighted by Gasteiger charge is 2.14. The molecular formula is C23H20N4O5. The summed E-state index contributed by atoms with van der Waals surface area (Å²) in [4.78, 5) is 29.2. The van der Waals surface area contributed by atoms with E-state index in [1.54, 1.807) is 49.6 Å². The van der Waals surface area contributed by atoms with Gasteiger partial charge in [0.2, 0.25) is 11.7 Å². The third-order valence-corrected chi connectivity index (χ3v) is 4.70. The first kappa shape index (κ1) is 20.9. The smallest absolute Gasteiger partial charge is 0.259 e. The monoisotopic (exact) mass is 432 g/mol. The van der Waals surface area contributed by atoms with Gasteiger partial charge in [0.1, 0.15) is 18.0 Å². The Morgan fingerprint density at radius 1 is 1.00 bits per heavy atom. The molecule has 162 valence electrons. The van der Waals surface area contributed by atoms with Gasteiger partial charge in [-0.1, -0.05) is 17.3 Å². The molecule has 0 atom stereocenters. The molecule has 0 aliphatic heterocycles. The summed E-state index contributed by atoms with van der Waals surface area (Å²) < 4.78 is 17.0. The summed E-state index contributed by atoms with van der Waals surface area (Å²) in [6, 6.07) is 17.2. The minimum atomic E-state index is -0.377. The number of hydrogen-bond acceptors (Lipinski definition) is 7. The lowest BCUT2D eigenvalue weighted by Gasteiger charge is -2.11. The van der Waals surface area contributed by atoms with Gasteiger partial charge in [0, 0.05) is 17.8 Å². The third-order valence-electron chi connectivity index (χ3n) is 4.70. The molecular weight excluding hydrogens is 412 g/mol. The van der Waals surface area contributed by atoms with E-state index < -0.39 is 0 Å². The van der Waals surface area contributed by atoms with Crippen molar-refractivity contribution in [3.05, 3.63) is 77.2 Å². The number of carbonyl (C=O) groups excluding carboxylic acids is 1. The molecule has 2 aromatic heterocycles. The Kier molecular flexibility index (Phi) is 5.98. The van der Waals surface area contributed by atoms with Gasteiger partial charge in [-0.2, -0.15) is 4.98 Å². The van der Waals surface area contributed by atoms with Gasteiger partial charge in [0.25, 0.3) is 11.4 Å². The van der Waals surface area contributed by atoms with Gasteiger partial charge in [-0.25, -0.2) is 0 Å². The Labute approximate surface area is 183 Å². The Balaban J connectivity index is 1.53. The summed E-state index contributed by atoms with van der Waals surface area (Å²) in [5.74, 6) is 1.50. The van der Waals surface area contributed by atoms with Crippen molar-refractivity contribution in [2.45, 2.75) is 6.54 Å². The molecule has 0 saturated heterocycles. The summed E-state index contributed by atoms with van der Waals surface area (Å²) in [5.41, 5.74) is 1.45. The predicted octanol–water partition coefficient (Wildman–Crippen LogP) is 3.22. The molecule has 0 fully saturated rings. The third kappa shape index (κ3) is 4.51. The average Bonchev–Trinajstić information content (AvgIpc) is 3.31. The average molecular weight is 432 g/mol. The van der Waals surface area contributed by atoms with Crippen LogP contribution in [0.3, 0.4) is 0 Å². The highest BCUT2D eigenvalue weighted by molar-refractivity contribution is 5.92. The maximum Gasteiger partial charge on any atom is 0.259 e. The number of carbonyl (C=O) groups is 1. The van der Waals surface area contributed by atoms with Crippen molar-refractivity contribution in [3.8, 4) is 34.3 Å². The van der Waals surface area contributed by atoms with Gasteiger partial charge in [0.15, 0.2) is 0 Å². The van der Waals surface area contributed by atoms with Crippen LogP contribution in [0.4, 0.5) is 5.69 Å². The van der Waals surface area contributed by atoms with Crippen LogP contribution in [0.1, 0.15) is 0 Å². The number of amides is 1. The zero-order valence-corrected chi connectivity index (χ0v) is 17.4. The van der Waals surface area contributed by atoms with E-state index in [9.17, 15) is 9.59 Å². The second-order valence-corrected chi connectivity index (χ2v) is 6.78. The fourth-order valence-electron chi connectivity index (χ4n) is 3.07. The number of nitrogens with one attached hydrogen (secondary N) is 1.